The van der Waals surface area contributed by atoms with E-state index in [1.54, 1.807) is 0 Å². The average molecular weight is 562 g/mol. The van der Waals surface area contributed by atoms with E-state index in [2.05, 4.69) is 53.6 Å². The third-order valence-electron chi connectivity index (χ3n) is 7.82. The van der Waals surface area contributed by atoms with Crippen molar-refractivity contribution < 1.29 is 14.6 Å². The molecule has 2 aromatic rings. The maximum Gasteiger partial charge on any atom is 0.321 e. The average Bonchev–Trinajstić information content (AvgIpc) is 3.34. The standard InChI is InChI=1S/C28H39N5O3.2H2S/c1-4-20-7-8-33(18-20)27(34)30-22-6-5-19(2)24(15-22)21-13-25(29-23-16-28(3,35)17-23)31-26(14-21)32-9-11-36-12-10-32;;/h5-6,13-15,20,23,35H,4,7-12,16-18H2,1-3H3,(H,29,31)(H,30,34);2*1H2/t20-,23?,28?;;/m1../s1. The second-order valence-corrected chi connectivity index (χ2v) is 10.9. The SMILES string of the molecule is CC[C@@H]1CCN(C(=O)Nc2ccc(C)c(-c3cc(NC4CC(C)(O)C4)nc(N4CCOCC4)c3)c2)C1.S.S. The Balaban J connectivity index is 0.00000200. The van der Waals surface area contributed by atoms with Crippen LogP contribution in [0.3, 0.4) is 0 Å². The third-order valence-corrected chi connectivity index (χ3v) is 7.82. The fourth-order valence-electron chi connectivity index (χ4n) is 5.58. The molecular weight excluding hydrogens is 518 g/mol. The summed E-state index contributed by atoms with van der Waals surface area (Å²) in [6, 6.07) is 10.5. The number of aliphatic hydroxyl groups is 1. The normalized spacial score (nSPS) is 24.6. The van der Waals surface area contributed by atoms with E-state index < -0.39 is 5.60 Å². The highest BCUT2D eigenvalue weighted by Gasteiger charge is 2.38. The Morgan fingerprint density at radius 1 is 1.16 bits per heavy atom. The van der Waals surface area contributed by atoms with Crippen molar-refractivity contribution in [3.8, 4) is 11.1 Å². The maximum atomic E-state index is 12.9. The number of urea groups is 1. The van der Waals surface area contributed by atoms with Gasteiger partial charge in [-0.25, -0.2) is 9.78 Å². The minimum Gasteiger partial charge on any atom is -0.390 e. The molecule has 210 valence electrons. The molecule has 1 aliphatic carbocycles. The molecule has 38 heavy (non-hydrogen) atoms. The van der Waals surface area contributed by atoms with E-state index in [0.29, 0.717) is 32.0 Å². The third kappa shape index (κ3) is 7.08. The van der Waals surface area contributed by atoms with Gasteiger partial charge in [-0.15, -0.1) is 0 Å². The summed E-state index contributed by atoms with van der Waals surface area (Å²) in [6.45, 7) is 10.8. The fraction of sp³-hybridized carbons (Fsp3) is 0.571. The van der Waals surface area contributed by atoms with Gasteiger partial charge in [-0.1, -0.05) is 19.4 Å². The van der Waals surface area contributed by atoms with Crippen LogP contribution in [0, 0.1) is 12.8 Å². The van der Waals surface area contributed by atoms with Gasteiger partial charge in [0.05, 0.1) is 18.8 Å². The molecular formula is C28H43N5O3S2. The zero-order chi connectivity index (χ0) is 25.3. The topological polar surface area (TPSA) is 90.0 Å². The Kier molecular flexibility index (Phi) is 10.2. The van der Waals surface area contributed by atoms with E-state index in [4.69, 9.17) is 9.72 Å². The number of hydrogen-bond donors (Lipinski definition) is 3. The maximum absolute atomic E-state index is 12.9. The molecule has 0 unspecified atom stereocenters. The second-order valence-electron chi connectivity index (χ2n) is 10.9. The van der Waals surface area contributed by atoms with Crippen molar-refractivity contribution >= 4 is 50.3 Å². The lowest BCUT2D eigenvalue weighted by Crippen LogP contribution is -2.48. The summed E-state index contributed by atoms with van der Waals surface area (Å²) in [5.41, 5.74) is 3.46. The van der Waals surface area contributed by atoms with Crippen molar-refractivity contribution in [3.05, 3.63) is 35.9 Å². The molecule has 2 saturated heterocycles. The molecule has 3 fully saturated rings. The molecule has 8 nitrogen and oxygen atoms in total. The number of benzene rings is 1. The van der Waals surface area contributed by atoms with Crippen molar-refractivity contribution in [1.82, 2.24) is 9.88 Å². The highest BCUT2D eigenvalue weighted by Crippen LogP contribution is 2.36. The van der Waals surface area contributed by atoms with Crippen LogP contribution in [0.25, 0.3) is 11.1 Å². The lowest BCUT2D eigenvalue weighted by molar-refractivity contribution is -0.0235. The number of anilines is 3. The molecule has 10 heteroatoms. The van der Waals surface area contributed by atoms with Crippen LogP contribution in [0.5, 0.6) is 0 Å². The van der Waals surface area contributed by atoms with Crippen LogP contribution in [0.4, 0.5) is 22.1 Å². The van der Waals surface area contributed by atoms with Gasteiger partial charge >= 0.3 is 6.03 Å². The number of nitrogens with one attached hydrogen (secondary N) is 2. The minimum atomic E-state index is -0.599. The summed E-state index contributed by atoms with van der Waals surface area (Å²) in [4.78, 5) is 22.0. The van der Waals surface area contributed by atoms with Crippen molar-refractivity contribution in [3.63, 3.8) is 0 Å². The number of nitrogens with zero attached hydrogens (tertiary/aromatic N) is 3. The minimum absolute atomic E-state index is 0. The molecule has 0 bridgehead atoms. The van der Waals surface area contributed by atoms with Crippen LogP contribution >= 0.6 is 27.0 Å². The first-order chi connectivity index (χ1) is 17.3. The summed E-state index contributed by atoms with van der Waals surface area (Å²) in [5, 5.41) is 16.8. The van der Waals surface area contributed by atoms with E-state index in [-0.39, 0.29) is 39.1 Å². The Morgan fingerprint density at radius 2 is 1.89 bits per heavy atom. The smallest absolute Gasteiger partial charge is 0.321 e. The summed E-state index contributed by atoms with van der Waals surface area (Å²) < 4.78 is 5.55. The highest BCUT2D eigenvalue weighted by atomic mass is 32.1. The van der Waals surface area contributed by atoms with Gasteiger partial charge in [-0.05, 0) is 80.0 Å². The molecule has 3 heterocycles. The number of ether oxygens (including phenoxy) is 1. The van der Waals surface area contributed by atoms with Gasteiger partial charge in [0.1, 0.15) is 11.6 Å². The van der Waals surface area contributed by atoms with Crippen molar-refractivity contribution in [2.24, 2.45) is 5.92 Å². The molecule has 0 spiro atoms. The van der Waals surface area contributed by atoms with Gasteiger partial charge in [0.2, 0.25) is 0 Å². The molecule has 1 atom stereocenters. The van der Waals surface area contributed by atoms with Crippen LogP contribution in [-0.2, 0) is 4.74 Å². The number of aryl methyl sites for hydroxylation is 1. The predicted molar refractivity (Wildman–Crippen MR) is 164 cm³/mol. The number of morpholine rings is 1. The Labute approximate surface area is 240 Å². The number of rotatable bonds is 6. The quantitative estimate of drug-likeness (QED) is 0.474. The van der Waals surface area contributed by atoms with Gasteiger partial charge in [-0.2, -0.15) is 27.0 Å². The first-order valence-electron chi connectivity index (χ1n) is 13.3. The van der Waals surface area contributed by atoms with Crippen molar-refractivity contribution in [2.45, 2.75) is 58.1 Å². The van der Waals surface area contributed by atoms with Crippen molar-refractivity contribution in [1.29, 1.82) is 0 Å². The highest BCUT2D eigenvalue weighted by molar-refractivity contribution is 7.59. The van der Waals surface area contributed by atoms with Crippen LogP contribution in [0.2, 0.25) is 0 Å². The van der Waals surface area contributed by atoms with Crippen LogP contribution in [0.15, 0.2) is 30.3 Å². The van der Waals surface area contributed by atoms with E-state index >= 15 is 0 Å². The van der Waals surface area contributed by atoms with E-state index in [1.807, 2.05) is 17.9 Å². The Hall–Kier alpha value is -2.14. The molecule has 0 radical (unpaired) electrons. The number of aromatic nitrogens is 1. The molecule has 1 aromatic carbocycles. The molecule has 2 amide bonds. The fourth-order valence-corrected chi connectivity index (χ4v) is 5.58. The molecule has 5 rings (SSSR count). The Bertz CT molecular complexity index is 1100. The number of carbonyl (C=O) groups is 1. The van der Waals surface area contributed by atoms with Gasteiger partial charge in [-0.3, -0.25) is 0 Å². The number of carbonyl (C=O) groups excluding carboxylic acids is 1. The second kappa shape index (κ2) is 12.8. The van der Waals surface area contributed by atoms with Gasteiger partial charge in [0.15, 0.2) is 0 Å². The summed E-state index contributed by atoms with van der Waals surface area (Å²) in [7, 11) is 0. The summed E-state index contributed by atoms with van der Waals surface area (Å²) in [6.07, 6.45) is 3.61. The lowest BCUT2D eigenvalue weighted by Gasteiger charge is -2.41. The number of pyridine rings is 1. The number of hydrogen-bond acceptors (Lipinski definition) is 6. The number of likely N-dealkylation sites (tertiary alicyclic amines) is 1. The molecule has 1 saturated carbocycles. The molecule has 3 N–H and O–H groups in total. The number of amides is 2. The van der Waals surface area contributed by atoms with E-state index in [0.717, 1.165) is 73.0 Å². The molecule has 1 aromatic heterocycles. The van der Waals surface area contributed by atoms with Gasteiger partial charge in [0, 0.05) is 37.9 Å². The first kappa shape index (κ1) is 30.4. The largest absolute Gasteiger partial charge is 0.390 e. The van der Waals surface area contributed by atoms with Crippen molar-refractivity contribution in [2.75, 3.05) is 54.9 Å². The lowest BCUT2D eigenvalue weighted by atomic mass is 9.77. The van der Waals surface area contributed by atoms with E-state index in [1.165, 1.54) is 0 Å². The zero-order valence-corrected chi connectivity index (χ0v) is 24.7. The first-order valence-corrected chi connectivity index (χ1v) is 13.3. The Morgan fingerprint density at radius 3 is 2.55 bits per heavy atom. The van der Waals surface area contributed by atoms with Crippen LogP contribution < -0.4 is 15.5 Å². The predicted octanol–water partition coefficient (Wildman–Crippen LogP) is 4.71. The summed E-state index contributed by atoms with van der Waals surface area (Å²) >= 11 is 0. The van der Waals surface area contributed by atoms with Gasteiger partial charge < -0.3 is 30.3 Å². The summed E-state index contributed by atoms with van der Waals surface area (Å²) in [5.74, 6) is 2.33. The molecule has 2 aliphatic heterocycles. The van der Waals surface area contributed by atoms with Gasteiger partial charge in [0.25, 0.3) is 0 Å². The zero-order valence-electron chi connectivity index (χ0n) is 22.7. The van der Waals surface area contributed by atoms with E-state index in [9.17, 15) is 9.90 Å². The molecule has 3 aliphatic rings. The van der Waals surface area contributed by atoms with Crippen LogP contribution in [-0.4, -0.2) is 72.1 Å². The monoisotopic (exact) mass is 561 g/mol. The van der Waals surface area contributed by atoms with Crippen LogP contribution in [0.1, 0.15) is 45.1 Å².